The molecule has 0 aliphatic carbocycles. The van der Waals surface area contributed by atoms with Crippen molar-refractivity contribution in [2.45, 2.75) is 19.4 Å². The molecule has 1 N–H and O–H groups in total. The third kappa shape index (κ3) is 2.47. The molecule has 18 heavy (non-hydrogen) atoms. The summed E-state index contributed by atoms with van der Waals surface area (Å²) in [5, 5.41) is 9.89. The van der Waals surface area contributed by atoms with Gasteiger partial charge in [0.25, 0.3) is 0 Å². The minimum Gasteiger partial charge on any atom is -0.388 e. The second-order valence-corrected chi connectivity index (χ2v) is 4.97. The Morgan fingerprint density at radius 2 is 1.83 bits per heavy atom. The first-order valence-corrected chi connectivity index (χ1v) is 6.65. The number of aliphatic hydroxyl groups excluding tert-OH is 1. The molecular weight excluding hydrogens is 295 g/mol. The van der Waals surface area contributed by atoms with Crippen LogP contribution in [0.1, 0.15) is 25.0 Å². The molecule has 0 radical (unpaired) electrons. The molecule has 0 spiro atoms. The molecule has 0 saturated carbocycles. The van der Waals surface area contributed by atoms with Gasteiger partial charge in [-0.1, -0.05) is 59.3 Å². The SMILES string of the molecule is CCC(O)c1c(Br)ccc(-c2ccccc2)c1F. The summed E-state index contributed by atoms with van der Waals surface area (Å²) in [6.07, 6.45) is -0.309. The van der Waals surface area contributed by atoms with Crippen LogP contribution < -0.4 is 0 Å². The van der Waals surface area contributed by atoms with Crippen molar-refractivity contribution in [1.82, 2.24) is 0 Å². The summed E-state index contributed by atoms with van der Waals surface area (Å²) < 4.78 is 15.1. The van der Waals surface area contributed by atoms with E-state index in [4.69, 9.17) is 0 Å². The van der Waals surface area contributed by atoms with E-state index in [0.717, 1.165) is 5.56 Å². The molecule has 1 nitrogen and oxygen atoms in total. The van der Waals surface area contributed by atoms with Gasteiger partial charge in [-0.05, 0) is 18.1 Å². The minimum absolute atomic E-state index is 0.332. The highest BCUT2D eigenvalue weighted by molar-refractivity contribution is 9.10. The molecule has 0 amide bonds. The number of hydrogen-bond acceptors (Lipinski definition) is 1. The first-order chi connectivity index (χ1) is 8.65. The Labute approximate surface area is 114 Å². The lowest BCUT2D eigenvalue weighted by Crippen LogP contribution is -2.02. The average Bonchev–Trinajstić information content (AvgIpc) is 2.39. The van der Waals surface area contributed by atoms with E-state index in [0.29, 0.717) is 22.0 Å². The zero-order chi connectivity index (χ0) is 13.1. The molecule has 3 heteroatoms. The van der Waals surface area contributed by atoms with Gasteiger partial charge < -0.3 is 5.11 Å². The van der Waals surface area contributed by atoms with Crippen molar-refractivity contribution in [2.24, 2.45) is 0 Å². The number of benzene rings is 2. The third-order valence-corrected chi connectivity index (χ3v) is 3.62. The van der Waals surface area contributed by atoms with Gasteiger partial charge in [-0.2, -0.15) is 0 Å². The van der Waals surface area contributed by atoms with Crippen LogP contribution in [0.25, 0.3) is 11.1 Å². The first-order valence-electron chi connectivity index (χ1n) is 5.86. The Morgan fingerprint density at radius 1 is 1.17 bits per heavy atom. The van der Waals surface area contributed by atoms with Gasteiger partial charge in [-0.15, -0.1) is 0 Å². The Kier molecular flexibility index (Phi) is 4.15. The predicted octanol–water partition coefficient (Wildman–Crippen LogP) is 4.70. The van der Waals surface area contributed by atoms with E-state index in [1.807, 2.05) is 37.3 Å². The van der Waals surface area contributed by atoms with E-state index in [1.165, 1.54) is 0 Å². The van der Waals surface area contributed by atoms with E-state index in [1.54, 1.807) is 12.1 Å². The number of rotatable bonds is 3. The van der Waals surface area contributed by atoms with Gasteiger partial charge in [-0.25, -0.2) is 4.39 Å². The van der Waals surface area contributed by atoms with Gasteiger partial charge in [-0.3, -0.25) is 0 Å². The van der Waals surface area contributed by atoms with E-state index in [9.17, 15) is 9.50 Å². The van der Waals surface area contributed by atoms with Gasteiger partial charge in [0.05, 0.1) is 6.10 Å². The summed E-state index contributed by atoms with van der Waals surface area (Å²) in [4.78, 5) is 0. The molecule has 94 valence electrons. The summed E-state index contributed by atoms with van der Waals surface area (Å²) in [6.45, 7) is 1.83. The summed E-state index contributed by atoms with van der Waals surface area (Å²) in [5.74, 6) is -0.357. The van der Waals surface area contributed by atoms with E-state index < -0.39 is 6.10 Å². The topological polar surface area (TPSA) is 20.2 Å². The molecule has 0 heterocycles. The van der Waals surface area contributed by atoms with Crippen LogP contribution in [-0.2, 0) is 0 Å². The van der Waals surface area contributed by atoms with Crippen molar-refractivity contribution in [3.05, 3.63) is 58.3 Å². The number of hydrogen-bond donors (Lipinski definition) is 1. The lowest BCUT2D eigenvalue weighted by atomic mass is 9.98. The van der Waals surface area contributed by atoms with Gasteiger partial charge in [0.15, 0.2) is 0 Å². The lowest BCUT2D eigenvalue weighted by molar-refractivity contribution is 0.168. The molecule has 0 aromatic heterocycles. The van der Waals surface area contributed by atoms with Gasteiger partial charge >= 0.3 is 0 Å². The quantitative estimate of drug-likeness (QED) is 0.871. The van der Waals surface area contributed by atoms with Crippen LogP contribution in [0.5, 0.6) is 0 Å². The summed E-state index contributed by atoms with van der Waals surface area (Å²) >= 11 is 3.30. The van der Waals surface area contributed by atoms with Crippen molar-refractivity contribution in [1.29, 1.82) is 0 Å². The number of aliphatic hydroxyl groups is 1. The Hall–Kier alpha value is -1.19. The second-order valence-electron chi connectivity index (χ2n) is 4.11. The van der Waals surface area contributed by atoms with Crippen LogP contribution in [0.4, 0.5) is 4.39 Å². The highest BCUT2D eigenvalue weighted by atomic mass is 79.9. The highest BCUT2D eigenvalue weighted by Gasteiger charge is 2.18. The molecule has 1 atom stereocenters. The van der Waals surface area contributed by atoms with Crippen molar-refractivity contribution in [3.8, 4) is 11.1 Å². The van der Waals surface area contributed by atoms with Crippen LogP contribution >= 0.6 is 15.9 Å². The zero-order valence-electron chi connectivity index (χ0n) is 10.0. The molecule has 0 aliphatic rings. The number of halogens is 2. The third-order valence-electron chi connectivity index (χ3n) is 2.93. The average molecular weight is 309 g/mol. The van der Waals surface area contributed by atoms with Crippen molar-refractivity contribution in [2.75, 3.05) is 0 Å². The Morgan fingerprint density at radius 3 is 2.44 bits per heavy atom. The van der Waals surface area contributed by atoms with Crippen LogP contribution in [0.3, 0.4) is 0 Å². The Balaban J connectivity index is 2.58. The van der Waals surface area contributed by atoms with Gasteiger partial charge in [0.1, 0.15) is 5.82 Å². The maximum absolute atomic E-state index is 14.5. The summed E-state index contributed by atoms with van der Waals surface area (Å²) in [7, 11) is 0. The van der Waals surface area contributed by atoms with E-state index >= 15 is 0 Å². The molecule has 2 rings (SSSR count). The zero-order valence-corrected chi connectivity index (χ0v) is 11.6. The monoisotopic (exact) mass is 308 g/mol. The van der Waals surface area contributed by atoms with E-state index in [2.05, 4.69) is 15.9 Å². The highest BCUT2D eigenvalue weighted by Crippen LogP contribution is 2.34. The van der Waals surface area contributed by atoms with E-state index in [-0.39, 0.29) is 5.82 Å². The molecule has 0 bridgehead atoms. The minimum atomic E-state index is -0.789. The first kappa shape index (κ1) is 13.2. The molecule has 1 unspecified atom stereocenters. The summed E-state index contributed by atoms with van der Waals surface area (Å²) in [5.41, 5.74) is 1.66. The molecular formula is C15H14BrFO. The fourth-order valence-electron chi connectivity index (χ4n) is 1.92. The van der Waals surface area contributed by atoms with Crippen LogP contribution in [-0.4, -0.2) is 5.11 Å². The molecule has 2 aromatic carbocycles. The van der Waals surface area contributed by atoms with Crippen LogP contribution in [0.15, 0.2) is 46.9 Å². The largest absolute Gasteiger partial charge is 0.388 e. The normalized spacial score (nSPS) is 12.4. The maximum atomic E-state index is 14.5. The van der Waals surface area contributed by atoms with Crippen molar-refractivity contribution >= 4 is 15.9 Å². The van der Waals surface area contributed by atoms with Crippen molar-refractivity contribution < 1.29 is 9.50 Å². The molecule has 0 saturated heterocycles. The van der Waals surface area contributed by atoms with Gasteiger partial charge in [0, 0.05) is 15.6 Å². The predicted molar refractivity (Wildman–Crippen MR) is 74.8 cm³/mol. The fraction of sp³-hybridized carbons (Fsp3) is 0.200. The maximum Gasteiger partial charge on any atom is 0.137 e. The molecule has 0 aliphatic heterocycles. The van der Waals surface area contributed by atoms with Gasteiger partial charge in [0.2, 0.25) is 0 Å². The van der Waals surface area contributed by atoms with Crippen molar-refractivity contribution in [3.63, 3.8) is 0 Å². The fourth-order valence-corrected chi connectivity index (χ4v) is 2.49. The van der Waals surface area contributed by atoms with Crippen LogP contribution in [0.2, 0.25) is 0 Å². The molecule has 2 aromatic rings. The second kappa shape index (κ2) is 5.63. The molecule has 0 fully saturated rings. The lowest BCUT2D eigenvalue weighted by Gasteiger charge is -2.14. The smallest absolute Gasteiger partial charge is 0.137 e. The van der Waals surface area contributed by atoms with Crippen LogP contribution in [0, 0.1) is 5.82 Å². The standard InChI is InChI=1S/C15H14BrFO/c1-2-13(18)14-12(16)9-8-11(15(14)17)10-6-4-3-5-7-10/h3-9,13,18H,2H2,1H3. The Bertz CT molecular complexity index is 540. The summed E-state index contributed by atoms with van der Waals surface area (Å²) in [6, 6.07) is 12.8.